The van der Waals surface area contributed by atoms with Crippen LogP contribution in [0.1, 0.15) is 43.2 Å². The zero-order valence-electron chi connectivity index (χ0n) is 9.29. The van der Waals surface area contributed by atoms with Crippen molar-refractivity contribution < 1.29 is 5.11 Å². The average molecular weight is 205 g/mol. The second-order valence-electron chi connectivity index (χ2n) is 4.63. The van der Waals surface area contributed by atoms with Gasteiger partial charge < -0.3 is 10.8 Å². The summed E-state index contributed by atoms with van der Waals surface area (Å²) in [5, 5.41) is 10.6. The number of rotatable bonds is 1. The largest absolute Gasteiger partial charge is 0.398 e. The highest BCUT2D eigenvalue weighted by Gasteiger charge is 2.32. The van der Waals surface area contributed by atoms with E-state index in [1.165, 1.54) is 6.42 Å². The maximum Gasteiger partial charge on any atom is 0.0916 e. The molecule has 1 fully saturated rings. The van der Waals surface area contributed by atoms with Crippen LogP contribution < -0.4 is 5.73 Å². The van der Waals surface area contributed by atoms with Gasteiger partial charge in [0.15, 0.2) is 0 Å². The molecule has 1 aromatic carbocycles. The van der Waals surface area contributed by atoms with Crippen LogP contribution in [0.25, 0.3) is 0 Å². The van der Waals surface area contributed by atoms with Crippen LogP contribution >= 0.6 is 0 Å². The molecule has 0 heterocycles. The Morgan fingerprint density at radius 2 is 1.87 bits per heavy atom. The van der Waals surface area contributed by atoms with Gasteiger partial charge in [0.25, 0.3) is 0 Å². The van der Waals surface area contributed by atoms with Gasteiger partial charge in [-0.3, -0.25) is 0 Å². The number of anilines is 1. The van der Waals surface area contributed by atoms with Gasteiger partial charge in [0.2, 0.25) is 0 Å². The summed E-state index contributed by atoms with van der Waals surface area (Å²) in [6.07, 6.45) is 5.13. The molecule has 15 heavy (non-hydrogen) atoms. The van der Waals surface area contributed by atoms with Gasteiger partial charge in [-0.1, -0.05) is 37.5 Å². The van der Waals surface area contributed by atoms with Gasteiger partial charge in [-0.15, -0.1) is 0 Å². The molecule has 2 heteroatoms. The molecule has 3 N–H and O–H groups in total. The molecule has 1 aliphatic rings. The Morgan fingerprint density at radius 3 is 2.53 bits per heavy atom. The number of nitrogen functional groups attached to an aromatic ring is 1. The molecule has 0 aliphatic heterocycles. The van der Waals surface area contributed by atoms with E-state index in [0.717, 1.165) is 42.5 Å². The monoisotopic (exact) mass is 205 g/mol. The van der Waals surface area contributed by atoms with Gasteiger partial charge in [-0.25, -0.2) is 0 Å². The van der Waals surface area contributed by atoms with Crippen molar-refractivity contribution in [2.75, 3.05) is 5.73 Å². The van der Waals surface area contributed by atoms with Crippen molar-refractivity contribution in [3.05, 3.63) is 29.3 Å². The van der Waals surface area contributed by atoms with Crippen molar-refractivity contribution in [1.82, 2.24) is 0 Å². The number of aryl methyl sites for hydroxylation is 1. The summed E-state index contributed by atoms with van der Waals surface area (Å²) in [5.41, 5.74) is 8.13. The van der Waals surface area contributed by atoms with Crippen LogP contribution in [0.15, 0.2) is 18.2 Å². The van der Waals surface area contributed by atoms with Crippen LogP contribution in [-0.4, -0.2) is 5.11 Å². The van der Waals surface area contributed by atoms with Crippen LogP contribution in [-0.2, 0) is 5.60 Å². The van der Waals surface area contributed by atoms with E-state index in [9.17, 15) is 5.11 Å². The molecule has 1 saturated carbocycles. The van der Waals surface area contributed by atoms with E-state index in [0.29, 0.717) is 0 Å². The first-order valence-electron chi connectivity index (χ1n) is 5.71. The maximum absolute atomic E-state index is 10.6. The third-order valence-corrected chi connectivity index (χ3v) is 3.51. The fourth-order valence-electron chi connectivity index (χ4n) is 2.49. The van der Waals surface area contributed by atoms with Crippen molar-refractivity contribution in [2.45, 2.75) is 44.6 Å². The number of hydrogen-bond acceptors (Lipinski definition) is 2. The van der Waals surface area contributed by atoms with Crippen molar-refractivity contribution in [3.8, 4) is 0 Å². The van der Waals surface area contributed by atoms with E-state index in [1.807, 2.05) is 25.1 Å². The molecule has 0 radical (unpaired) electrons. The van der Waals surface area contributed by atoms with Crippen molar-refractivity contribution in [1.29, 1.82) is 0 Å². The fraction of sp³-hybridized carbons (Fsp3) is 0.538. The molecule has 0 atom stereocenters. The highest BCUT2D eigenvalue weighted by Crippen LogP contribution is 2.40. The topological polar surface area (TPSA) is 46.2 Å². The Bertz CT molecular complexity index is 354. The second-order valence-corrected chi connectivity index (χ2v) is 4.63. The summed E-state index contributed by atoms with van der Waals surface area (Å²) in [4.78, 5) is 0. The molecule has 0 saturated heterocycles. The maximum atomic E-state index is 10.6. The lowest BCUT2D eigenvalue weighted by Gasteiger charge is -2.33. The first-order chi connectivity index (χ1) is 7.13. The van der Waals surface area contributed by atoms with Crippen LogP contribution in [0.4, 0.5) is 5.69 Å². The third-order valence-electron chi connectivity index (χ3n) is 3.51. The zero-order valence-corrected chi connectivity index (χ0v) is 9.29. The summed E-state index contributed by atoms with van der Waals surface area (Å²) in [5.74, 6) is 0. The average Bonchev–Trinajstić information content (AvgIpc) is 2.23. The SMILES string of the molecule is Cc1cccc(C2(O)CCCCC2)c1N. The van der Waals surface area contributed by atoms with Gasteiger partial charge in [-0.05, 0) is 25.3 Å². The Balaban J connectivity index is 2.39. The molecule has 0 bridgehead atoms. The molecule has 0 aromatic heterocycles. The summed E-state index contributed by atoms with van der Waals surface area (Å²) in [6.45, 7) is 1.99. The van der Waals surface area contributed by atoms with E-state index in [1.54, 1.807) is 0 Å². The first-order valence-corrected chi connectivity index (χ1v) is 5.71. The summed E-state index contributed by atoms with van der Waals surface area (Å²) in [7, 11) is 0. The molecular formula is C13H19NO. The van der Waals surface area contributed by atoms with Crippen LogP contribution in [0.3, 0.4) is 0 Å². The minimum absolute atomic E-state index is 0.672. The quantitative estimate of drug-likeness (QED) is 0.692. The van der Waals surface area contributed by atoms with Crippen LogP contribution in [0, 0.1) is 6.92 Å². The molecule has 2 rings (SSSR count). The Kier molecular flexibility index (Phi) is 2.70. The molecule has 2 nitrogen and oxygen atoms in total. The summed E-state index contributed by atoms with van der Waals surface area (Å²) >= 11 is 0. The van der Waals surface area contributed by atoms with Gasteiger partial charge in [0, 0.05) is 11.3 Å². The number of aliphatic hydroxyl groups is 1. The minimum atomic E-state index is -0.672. The first kappa shape index (κ1) is 10.5. The number of hydrogen-bond donors (Lipinski definition) is 2. The summed E-state index contributed by atoms with van der Waals surface area (Å²) in [6, 6.07) is 5.94. The predicted molar refractivity (Wildman–Crippen MR) is 62.6 cm³/mol. The molecule has 0 unspecified atom stereocenters. The Labute approximate surface area is 91.1 Å². The molecule has 0 amide bonds. The number of nitrogens with two attached hydrogens (primary N) is 1. The van der Waals surface area contributed by atoms with E-state index >= 15 is 0 Å². The third kappa shape index (κ3) is 1.86. The summed E-state index contributed by atoms with van der Waals surface area (Å²) < 4.78 is 0. The second kappa shape index (κ2) is 3.86. The van der Waals surface area contributed by atoms with Crippen LogP contribution in [0.5, 0.6) is 0 Å². The lowest BCUT2D eigenvalue weighted by molar-refractivity contribution is 0.0000442. The van der Waals surface area contributed by atoms with Crippen molar-refractivity contribution >= 4 is 5.69 Å². The number of benzene rings is 1. The smallest absolute Gasteiger partial charge is 0.0916 e. The lowest BCUT2D eigenvalue weighted by Crippen LogP contribution is -2.29. The van der Waals surface area contributed by atoms with Gasteiger partial charge in [0.05, 0.1) is 5.60 Å². The Hall–Kier alpha value is -1.02. The zero-order chi connectivity index (χ0) is 10.9. The molecule has 1 aromatic rings. The normalized spacial score (nSPS) is 20.1. The van der Waals surface area contributed by atoms with Gasteiger partial charge >= 0.3 is 0 Å². The van der Waals surface area contributed by atoms with Crippen LogP contribution in [0.2, 0.25) is 0 Å². The molecule has 0 spiro atoms. The Morgan fingerprint density at radius 1 is 1.20 bits per heavy atom. The lowest BCUT2D eigenvalue weighted by atomic mass is 9.78. The van der Waals surface area contributed by atoms with E-state index in [2.05, 4.69) is 0 Å². The molecule has 1 aliphatic carbocycles. The van der Waals surface area contributed by atoms with E-state index in [-0.39, 0.29) is 0 Å². The molecule has 82 valence electrons. The van der Waals surface area contributed by atoms with Gasteiger partial charge in [-0.2, -0.15) is 0 Å². The van der Waals surface area contributed by atoms with Crippen molar-refractivity contribution in [2.24, 2.45) is 0 Å². The van der Waals surface area contributed by atoms with Crippen molar-refractivity contribution in [3.63, 3.8) is 0 Å². The predicted octanol–water partition coefficient (Wildman–Crippen LogP) is 2.73. The van der Waals surface area contributed by atoms with E-state index in [4.69, 9.17) is 5.73 Å². The highest BCUT2D eigenvalue weighted by atomic mass is 16.3. The fourth-order valence-corrected chi connectivity index (χ4v) is 2.49. The highest BCUT2D eigenvalue weighted by molar-refractivity contribution is 5.55. The van der Waals surface area contributed by atoms with E-state index < -0.39 is 5.60 Å². The number of para-hydroxylation sites is 1. The molecular weight excluding hydrogens is 186 g/mol. The standard InChI is InChI=1S/C13H19NO/c1-10-6-5-7-11(12(10)14)13(15)8-3-2-4-9-13/h5-7,15H,2-4,8-9,14H2,1H3. The van der Waals surface area contributed by atoms with Gasteiger partial charge in [0.1, 0.15) is 0 Å². The minimum Gasteiger partial charge on any atom is -0.398 e.